The van der Waals surface area contributed by atoms with E-state index in [4.69, 9.17) is 10.5 Å². The predicted molar refractivity (Wildman–Crippen MR) is 124 cm³/mol. The molecule has 0 saturated carbocycles. The maximum absolute atomic E-state index is 13.3. The quantitative estimate of drug-likeness (QED) is 0.323. The van der Waals surface area contributed by atoms with Gasteiger partial charge in [-0.1, -0.05) is 36.9 Å². The number of esters is 1. The van der Waals surface area contributed by atoms with Crippen molar-refractivity contribution < 1.29 is 27.9 Å². The fourth-order valence-electron chi connectivity index (χ4n) is 3.26. The highest BCUT2D eigenvalue weighted by Crippen LogP contribution is 2.09. The maximum Gasteiger partial charge on any atom is 0.308 e. The van der Waals surface area contributed by atoms with Crippen LogP contribution in [0.4, 0.5) is 8.78 Å². The molecule has 0 saturated heterocycles. The van der Waals surface area contributed by atoms with E-state index in [2.05, 4.69) is 11.9 Å². The van der Waals surface area contributed by atoms with Gasteiger partial charge in [-0.3, -0.25) is 14.4 Å². The molecule has 2 amide bonds. The van der Waals surface area contributed by atoms with Crippen LogP contribution in [-0.2, 0) is 32.0 Å². The lowest BCUT2D eigenvalue weighted by molar-refractivity contribution is -0.146. The standard InChI is InChI=1S/C25H29F2N3O4/c1-2-15-34-24(32)16-22(29-13-11-18-3-7-20(26)8-4-18)25(33)30(17-23(28)31)14-12-19-5-9-21(27)10-6-19/h2-10,22,29H,1,11-17H2,(H2,28,31). The zero-order valence-electron chi connectivity index (χ0n) is 18.8. The molecule has 0 heterocycles. The number of nitrogens with one attached hydrogen (secondary N) is 1. The summed E-state index contributed by atoms with van der Waals surface area (Å²) in [6.07, 6.45) is 2.00. The SMILES string of the molecule is C=CCOC(=O)CC(NCCc1ccc(F)cc1)C(=O)N(CCc1ccc(F)cc1)CC(N)=O. The first-order chi connectivity index (χ1) is 16.3. The number of rotatable bonds is 14. The zero-order chi connectivity index (χ0) is 24.9. The van der Waals surface area contributed by atoms with Gasteiger partial charge in [-0.25, -0.2) is 8.78 Å². The van der Waals surface area contributed by atoms with Crippen LogP contribution in [0.2, 0.25) is 0 Å². The second-order valence-electron chi connectivity index (χ2n) is 7.66. The van der Waals surface area contributed by atoms with Gasteiger partial charge in [0.25, 0.3) is 0 Å². The minimum Gasteiger partial charge on any atom is -0.461 e. The molecule has 0 spiro atoms. The van der Waals surface area contributed by atoms with Crippen molar-refractivity contribution in [3.63, 3.8) is 0 Å². The number of carbonyl (C=O) groups excluding carboxylic acids is 3. The monoisotopic (exact) mass is 473 g/mol. The molecule has 182 valence electrons. The Kier molecular flexibility index (Phi) is 10.9. The highest BCUT2D eigenvalue weighted by atomic mass is 19.1. The second kappa shape index (κ2) is 13.8. The average Bonchev–Trinajstić information content (AvgIpc) is 2.81. The van der Waals surface area contributed by atoms with Crippen LogP contribution in [0.1, 0.15) is 17.5 Å². The summed E-state index contributed by atoms with van der Waals surface area (Å²) in [6.45, 7) is 3.62. The molecule has 1 atom stereocenters. The van der Waals surface area contributed by atoms with Crippen LogP contribution >= 0.6 is 0 Å². The molecule has 1 unspecified atom stereocenters. The second-order valence-corrected chi connectivity index (χ2v) is 7.66. The van der Waals surface area contributed by atoms with E-state index < -0.39 is 23.8 Å². The van der Waals surface area contributed by atoms with Crippen LogP contribution in [0.25, 0.3) is 0 Å². The predicted octanol–water partition coefficient (Wildman–Crippen LogP) is 2.14. The summed E-state index contributed by atoms with van der Waals surface area (Å²) in [6, 6.07) is 10.8. The van der Waals surface area contributed by atoms with Crippen molar-refractivity contribution in [1.29, 1.82) is 0 Å². The Morgan fingerprint density at radius 1 is 1.00 bits per heavy atom. The summed E-state index contributed by atoms with van der Waals surface area (Å²) in [5.41, 5.74) is 6.96. The topological polar surface area (TPSA) is 102 Å². The number of carbonyl (C=O) groups is 3. The van der Waals surface area contributed by atoms with Gasteiger partial charge in [0.1, 0.15) is 18.2 Å². The van der Waals surface area contributed by atoms with Gasteiger partial charge in [0.05, 0.1) is 19.0 Å². The smallest absolute Gasteiger partial charge is 0.308 e. The van der Waals surface area contributed by atoms with E-state index in [0.717, 1.165) is 11.1 Å². The van der Waals surface area contributed by atoms with Crippen molar-refractivity contribution in [1.82, 2.24) is 10.2 Å². The van der Waals surface area contributed by atoms with Crippen molar-refractivity contribution in [2.75, 3.05) is 26.2 Å². The van der Waals surface area contributed by atoms with Crippen molar-refractivity contribution in [2.45, 2.75) is 25.3 Å². The number of primary amides is 1. The first-order valence-electron chi connectivity index (χ1n) is 10.8. The number of ether oxygens (including phenoxy) is 1. The van der Waals surface area contributed by atoms with Crippen LogP contribution in [0, 0.1) is 11.6 Å². The average molecular weight is 474 g/mol. The number of halogens is 2. The summed E-state index contributed by atoms with van der Waals surface area (Å²) in [7, 11) is 0. The number of hydrogen-bond acceptors (Lipinski definition) is 5. The van der Waals surface area contributed by atoms with Crippen LogP contribution in [-0.4, -0.2) is 55.0 Å². The molecular formula is C25H29F2N3O4. The van der Waals surface area contributed by atoms with Gasteiger partial charge in [0.2, 0.25) is 11.8 Å². The van der Waals surface area contributed by atoms with Gasteiger partial charge in [-0.2, -0.15) is 0 Å². The molecule has 0 aliphatic heterocycles. The van der Waals surface area contributed by atoms with Crippen molar-refractivity contribution >= 4 is 17.8 Å². The molecule has 2 rings (SSSR count). The number of benzene rings is 2. The molecule has 0 radical (unpaired) electrons. The molecule has 0 aliphatic carbocycles. The summed E-state index contributed by atoms with van der Waals surface area (Å²) in [5.74, 6) is -2.53. The molecule has 3 N–H and O–H groups in total. The lowest BCUT2D eigenvalue weighted by atomic mass is 10.1. The normalized spacial score (nSPS) is 11.5. The van der Waals surface area contributed by atoms with E-state index in [9.17, 15) is 23.2 Å². The summed E-state index contributed by atoms with van der Waals surface area (Å²) in [4.78, 5) is 38.3. The Morgan fingerprint density at radius 3 is 2.09 bits per heavy atom. The van der Waals surface area contributed by atoms with Crippen molar-refractivity contribution in [2.24, 2.45) is 5.73 Å². The van der Waals surface area contributed by atoms with Crippen LogP contribution in [0.5, 0.6) is 0 Å². The number of hydrogen-bond donors (Lipinski definition) is 2. The molecule has 0 aromatic heterocycles. The fourth-order valence-corrected chi connectivity index (χ4v) is 3.26. The third kappa shape index (κ3) is 9.50. The van der Waals surface area contributed by atoms with Gasteiger partial charge >= 0.3 is 5.97 Å². The fraction of sp³-hybridized carbons (Fsp3) is 0.320. The molecular weight excluding hydrogens is 444 g/mol. The molecule has 2 aromatic rings. The van der Waals surface area contributed by atoms with Gasteiger partial charge in [0.15, 0.2) is 0 Å². The third-order valence-corrected chi connectivity index (χ3v) is 4.99. The molecule has 2 aromatic carbocycles. The number of nitrogens with zero attached hydrogens (tertiary/aromatic N) is 1. The first kappa shape index (κ1) is 26.7. The third-order valence-electron chi connectivity index (χ3n) is 4.99. The summed E-state index contributed by atoms with van der Waals surface area (Å²) < 4.78 is 31.3. The van der Waals surface area contributed by atoms with E-state index in [1.54, 1.807) is 24.3 Å². The summed E-state index contributed by atoms with van der Waals surface area (Å²) >= 11 is 0. The highest BCUT2D eigenvalue weighted by molar-refractivity contribution is 5.89. The highest BCUT2D eigenvalue weighted by Gasteiger charge is 2.27. The lowest BCUT2D eigenvalue weighted by Crippen LogP contribution is -2.51. The Morgan fingerprint density at radius 2 is 1.56 bits per heavy atom. The van der Waals surface area contributed by atoms with Crippen LogP contribution in [0.15, 0.2) is 61.2 Å². The maximum atomic E-state index is 13.3. The number of amides is 2. The van der Waals surface area contributed by atoms with Crippen molar-refractivity contribution in [3.8, 4) is 0 Å². The van der Waals surface area contributed by atoms with Crippen molar-refractivity contribution in [3.05, 3.63) is 83.9 Å². The Hall–Kier alpha value is -3.59. The number of nitrogens with two attached hydrogens (primary N) is 1. The lowest BCUT2D eigenvalue weighted by Gasteiger charge is -2.27. The van der Waals surface area contributed by atoms with E-state index in [1.807, 2.05) is 0 Å². The Labute approximate surface area is 197 Å². The first-order valence-corrected chi connectivity index (χ1v) is 10.8. The zero-order valence-corrected chi connectivity index (χ0v) is 18.8. The van der Waals surface area contributed by atoms with Gasteiger partial charge in [0, 0.05) is 6.54 Å². The minimum absolute atomic E-state index is 0.00485. The van der Waals surface area contributed by atoms with Crippen LogP contribution < -0.4 is 11.1 Å². The Balaban J connectivity index is 2.09. The summed E-state index contributed by atoms with van der Waals surface area (Å²) in [5, 5.41) is 3.04. The Bertz CT molecular complexity index is 965. The van der Waals surface area contributed by atoms with E-state index in [0.29, 0.717) is 19.4 Å². The molecule has 9 heteroatoms. The molecule has 0 aliphatic rings. The molecule has 0 fully saturated rings. The van der Waals surface area contributed by atoms with E-state index in [1.165, 1.54) is 35.2 Å². The molecule has 34 heavy (non-hydrogen) atoms. The van der Waals surface area contributed by atoms with Gasteiger partial charge in [-0.05, 0) is 54.8 Å². The minimum atomic E-state index is -0.967. The van der Waals surface area contributed by atoms with E-state index >= 15 is 0 Å². The van der Waals surface area contributed by atoms with Gasteiger partial charge < -0.3 is 20.7 Å². The van der Waals surface area contributed by atoms with E-state index in [-0.39, 0.29) is 37.8 Å². The molecule has 7 nitrogen and oxygen atoms in total. The largest absolute Gasteiger partial charge is 0.461 e. The van der Waals surface area contributed by atoms with Gasteiger partial charge in [-0.15, -0.1) is 0 Å². The molecule has 0 bridgehead atoms. The van der Waals surface area contributed by atoms with Crippen LogP contribution in [0.3, 0.4) is 0 Å².